The number of amides is 1. The molecule has 1 amide bonds. The fraction of sp³-hybridized carbons (Fsp3) is 0.278. The molecule has 0 aliphatic carbocycles. The van der Waals surface area contributed by atoms with Gasteiger partial charge in [-0.3, -0.25) is 4.79 Å². The number of nitrogens with one attached hydrogen (secondary N) is 1. The van der Waals surface area contributed by atoms with E-state index in [1.165, 1.54) is 13.0 Å². The van der Waals surface area contributed by atoms with Gasteiger partial charge in [0, 0.05) is 0 Å². The van der Waals surface area contributed by atoms with Gasteiger partial charge in [-0.1, -0.05) is 35.9 Å². The molecule has 2 aromatic carbocycles. The zero-order valence-electron chi connectivity index (χ0n) is 13.0. The van der Waals surface area contributed by atoms with Crippen LogP contribution in [0.15, 0.2) is 42.5 Å². The summed E-state index contributed by atoms with van der Waals surface area (Å²) in [6.45, 7) is 3.43. The lowest BCUT2D eigenvalue weighted by Gasteiger charge is -2.21. The lowest BCUT2D eigenvalue weighted by atomic mass is 10.0. The van der Waals surface area contributed by atoms with E-state index >= 15 is 0 Å². The summed E-state index contributed by atoms with van der Waals surface area (Å²) >= 11 is 0. The van der Waals surface area contributed by atoms with Crippen molar-refractivity contribution >= 4 is 5.91 Å². The number of carbonyl (C=O) groups is 1. The van der Waals surface area contributed by atoms with Gasteiger partial charge in [0.2, 0.25) is 5.91 Å². The minimum absolute atomic E-state index is 0.137. The van der Waals surface area contributed by atoms with Crippen molar-refractivity contribution in [2.24, 2.45) is 0 Å². The van der Waals surface area contributed by atoms with E-state index in [0.717, 1.165) is 23.3 Å². The van der Waals surface area contributed by atoms with Gasteiger partial charge in [0.25, 0.3) is 0 Å². The monoisotopic (exact) mass is 319 g/mol. The minimum atomic E-state index is -1.46. The van der Waals surface area contributed by atoms with Crippen LogP contribution in [0.2, 0.25) is 0 Å². The summed E-state index contributed by atoms with van der Waals surface area (Å²) in [6.07, 6.45) is -1.32. The predicted octanol–water partition coefficient (Wildman–Crippen LogP) is 3.05. The fourth-order valence-electron chi connectivity index (χ4n) is 2.43. The first-order valence-electron chi connectivity index (χ1n) is 7.35. The molecular formula is C18H19F2NO2. The first kappa shape index (κ1) is 17.1. The Kier molecular flexibility index (Phi) is 5.45. The molecule has 0 saturated heterocycles. The molecule has 0 aromatic heterocycles. The van der Waals surface area contributed by atoms with Gasteiger partial charge < -0.3 is 10.4 Å². The van der Waals surface area contributed by atoms with E-state index in [1.54, 1.807) is 0 Å². The molecule has 2 N–H and O–H groups in total. The zero-order chi connectivity index (χ0) is 17.0. The zero-order valence-corrected chi connectivity index (χ0v) is 13.0. The second-order valence-corrected chi connectivity index (χ2v) is 5.60. The number of carbonyl (C=O) groups excluding carboxylic acids is 1. The van der Waals surface area contributed by atoms with Gasteiger partial charge in [-0.15, -0.1) is 0 Å². The highest BCUT2D eigenvalue weighted by Crippen LogP contribution is 2.23. The third kappa shape index (κ3) is 4.36. The van der Waals surface area contributed by atoms with Crippen LogP contribution >= 0.6 is 0 Å². The molecule has 0 spiro atoms. The molecule has 0 fully saturated rings. The van der Waals surface area contributed by atoms with Crippen LogP contribution in [0, 0.1) is 18.6 Å². The van der Waals surface area contributed by atoms with Crippen molar-refractivity contribution < 1.29 is 18.7 Å². The highest BCUT2D eigenvalue weighted by Gasteiger charge is 2.24. The van der Waals surface area contributed by atoms with Crippen molar-refractivity contribution in [3.8, 4) is 0 Å². The highest BCUT2D eigenvalue weighted by molar-refractivity contribution is 5.79. The number of benzene rings is 2. The third-order valence-corrected chi connectivity index (χ3v) is 3.60. The van der Waals surface area contributed by atoms with Crippen LogP contribution in [0.4, 0.5) is 8.78 Å². The van der Waals surface area contributed by atoms with Gasteiger partial charge in [0.05, 0.1) is 18.0 Å². The van der Waals surface area contributed by atoms with E-state index in [4.69, 9.17) is 0 Å². The first-order valence-corrected chi connectivity index (χ1v) is 7.35. The van der Waals surface area contributed by atoms with Crippen LogP contribution in [0.25, 0.3) is 0 Å². The molecule has 2 aromatic rings. The number of aliphatic hydroxyl groups is 1. The largest absolute Gasteiger partial charge is 0.386 e. The van der Waals surface area contributed by atoms with Crippen LogP contribution < -0.4 is 5.32 Å². The lowest BCUT2D eigenvalue weighted by molar-refractivity contribution is -0.121. The predicted molar refractivity (Wildman–Crippen MR) is 83.8 cm³/mol. The summed E-state index contributed by atoms with van der Waals surface area (Å²) in [7, 11) is 0. The summed E-state index contributed by atoms with van der Waals surface area (Å²) in [5.41, 5.74) is 1.44. The number of aliphatic hydroxyl groups excluding tert-OH is 1. The Bertz CT molecular complexity index is 683. The average Bonchev–Trinajstić information content (AvgIpc) is 2.46. The van der Waals surface area contributed by atoms with Gasteiger partial charge in [-0.05, 0) is 31.5 Å². The number of hydrogen-bond acceptors (Lipinski definition) is 2. The van der Waals surface area contributed by atoms with Crippen LogP contribution in [0.3, 0.4) is 0 Å². The maximum Gasteiger partial charge on any atom is 0.224 e. The quantitative estimate of drug-likeness (QED) is 0.890. The van der Waals surface area contributed by atoms with Crippen molar-refractivity contribution in [3.63, 3.8) is 0 Å². The van der Waals surface area contributed by atoms with E-state index in [2.05, 4.69) is 5.32 Å². The van der Waals surface area contributed by atoms with E-state index in [9.17, 15) is 18.7 Å². The summed E-state index contributed by atoms with van der Waals surface area (Å²) < 4.78 is 27.4. The Morgan fingerprint density at radius 2 is 1.78 bits per heavy atom. The second-order valence-electron chi connectivity index (χ2n) is 5.60. The molecule has 5 heteroatoms. The molecule has 0 radical (unpaired) electrons. The number of halogens is 2. The van der Waals surface area contributed by atoms with Gasteiger partial charge in [0.1, 0.15) is 17.7 Å². The molecule has 0 unspecified atom stereocenters. The van der Waals surface area contributed by atoms with Crippen molar-refractivity contribution in [2.75, 3.05) is 0 Å². The Morgan fingerprint density at radius 1 is 1.17 bits per heavy atom. The maximum absolute atomic E-state index is 13.7. The van der Waals surface area contributed by atoms with Crippen molar-refractivity contribution in [3.05, 3.63) is 70.8 Å². The number of hydrogen-bond donors (Lipinski definition) is 2. The molecular weight excluding hydrogens is 300 g/mol. The van der Waals surface area contributed by atoms with Crippen molar-refractivity contribution in [1.82, 2.24) is 5.32 Å². The fourth-order valence-corrected chi connectivity index (χ4v) is 2.43. The molecule has 0 heterocycles. The molecule has 3 nitrogen and oxygen atoms in total. The molecule has 2 rings (SSSR count). The Labute approximate surface area is 134 Å². The van der Waals surface area contributed by atoms with Gasteiger partial charge >= 0.3 is 0 Å². The first-order chi connectivity index (χ1) is 10.9. The molecule has 0 aliphatic rings. The van der Waals surface area contributed by atoms with E-state index in [0.29, 0.717) is 0 Å². The van der Waals surface area contributed by atoms with Gasteiger partial charge in [-0.25, -0.2) is 8.78 Å². The number of aryl methyl sites for hydroxylation is 1. The van der Waals surface area contributed by atoms with Gasteiger partial charge in [0.15, 0.2) is 0 Å². The van der Waals surface area contributed by atoms with Crippen LogP contribution in [-0.4, -0.2) is 17.1 Å². The molecule has 0 saturated carbocycles. The topological polar surface area (TPSA) is 49.3 Å². The third-order valence-electron chi connectivity index (χ3n) is 3.60. The Hall–Kier alpha value is -2.27. The summed E-state index contributed by atoms with van der Waals surface area (Å²) in [6, 6.07) is 10.0. The molecule has 122 valence electrons. The minimum Gasteiger partial charge on any atom is -0.386 e. The SMILES string of the molecule is Cc1cccc(CC(=O)N[C@H](C)[C@@H](O)c2c(F)cccc2F)c1. The highest BCUT2D eigenvalue weighted by atomic mass is 19.1. The standard InChI is InChI=1S/C18H19F2NO2/c1-11-5-3-6-13(9-11)10-16(22)21-12(2)18(23)17-14(19)7-4-8-15(17)20/h3-9,12,18,23H,10H2,1-2H3,(H,21,22)/t12-,18-/m1/s1. The Morgan fingerprint density at radius 3 is 2.39 bits per heavy atom. The van der Waals surface area contributed by atoms with Crippen LogP contribution in [-0.2, 0) is 11.2 Å². The summed E-state index contributed by atoms with van der Waals surface area (Å²) in [4.78, 5) is 12.0. The molecule has 0 aliphatic heterocycles. The van der Waals surface area contributed by atoms with Gasteiger partial charge in [-0.2, -0.15) is 0 Å². The molecule has 23 heavy (non-hydrogen) atoms. The van der Waals surface area contributed by atoms with Crippen molar-refractivity contribution in [2.45, 2.75) is 32.4 Å². The summed E-state index contributed by atoms with van der Waals surface area (Å²) in [5.74, 6) is -1.99. The number of rotatable bonds is 5. The van der Waals surface area contributed by atoms with Crippen LogP contribution in [0.5, 0.6) is 0 Å². The normalized spacial score (nSPS) is 13.4. The average molecular weight is 319 g/mol. The lowest BCUT2D eigenvalue weighted by Crippen LogP contribution is -2.38. The Balaban J connectivity index is 2.03. The van der Waals surface area contributed by atoms with E-state index in [1.807, 2.05) is 31.2 Å². The molecule has 2 atom stereocenters. The summed E-state index contributed by atoms with van der Waals surface area (Å²) in [5, 5.41) is 12.7. The van der Waals surface area contributed by atoms with Crippen molar-refractivity contribution in [1.29, 1.82) is 0 Å². The smallest absolute Gasteiger partial charge is 0.224 e. The van der Waals surface area contributed by atoms with E-state index < -0.39 is 29.3 Å². The molecule has 0 bridgehead atoms. The van der Waals surface area contributed by atoms with Crippen LogP contribution in [0.1, 0.15) is 29.7 Å². The second kappa shape index (κ2) is 7.33. The maximum atomic E-state index is 13.7. The van der Waals surface area contributed by atoms with E-state index in [-0.39, 0.29) is 12.3 Å².